The predicted molar refractivity (Wildman–Crippen MR) is 81.5 cm³/mol. The SMILES string of the molecule is CC(O)[C@H]1OC(=O)C=C2[C@]3(C)[C@H]4[C@H](OC(=O)[C@@]4(C)[C@@H](O)[C@@H]4O[C@@H]43)[C@H]3O[C@]213. The Morgan fingerprint density at radius 2 is 1.85 bits per heavy atom. The van der Waals surface area contributed by atoms with Crippen LogP contribution in [-0.2, 0) is 28.5 Å². The molecule has 0 aromatic carbocycles. The zero-order chi connectivity index (χ0) is 18.4. The molecule has 0 bridgehead atoms. The smallest absolute Gasteiger partial charge is 0.331 e. The van der Waals surface area contributed by atoms with Gasteiger partial charge in [0.1, 0.15) is 23.7 Å². The van der Waals surface area contributed by atoms with Gasteiger partial charge in [0.15, 0.2) is 11.7 Å². The lowest BCUT2D eigenvalue weighted by molar-refractivity contribution is -0.158. The van der Waals surface area contributed by atoms with Crippen molar-refractivity contribution >= 4 is 11.9 Å². The Kier molecular flexibility index (Phi) is 2.40. The van der Waals surface area contributed by atoms with Crippen LogP contribution in [0.3, 0.4) is 0 Å². The van der Waals surface area contributed by atoms with E-state index in [9.17, 15) is 19.8 Å². The van der Waals surface area contributed by atoms with Crippen molar-refractivity contribution in [3.8, 4) is 0 Å². The summed E-state index contributed by atoms with van der Waals surface area (Å²) in [7, 11) is 0. The molecule has 2 N–H and O–H groups in total. The van der Waals surface area contributed by atoms with Crippen molar-refractivity contribution in [3.05, 3.63) is 11.6 Å². The molecule has 4 aliphatic heterocycles. The summed E-state index contributed by atoms with van der Waals surface area (Å²) in [5.41, 5.74) is -2.16. The van der Waals surface area contributed by atoms with Crippen LogP contribution in [0.1, 0.15) is 20.8 Å². The number of esters is 2. The summed E-state index contributed by atoms with van der Waals surface area (Å²) in [5, 5.41) is 21.0. The molecule has 6 aliphatic rings. The highest BCUT2D eigenvalue weighted by Gasteiger charge is 2.89. The van der Waals surface area contributed by atoms with Gasteiger partial charge in [-0.3, -0.25) is 4.79 Å². The Hall–Kier alpha value is -1.48. The molecule has 6 rings (SSSR count). The Morgan fingerprint density at radius 3 is 2.54 bits per heavy atom. The van der Waals surface area contributed by atoms with Gasteiger partial charge in [-0.1, -0.05) is 6.92 Å². The Bertz CT molecular complexity index is 805. The number of fused-ring (bicyclic) bond motifs is 4. The highest BCUT2D eigenvalue weighted by Crippen LogP contribution is 2.75. The molecular weight excluding hydrogens is 344 g/mol. The number of hydrogen-bond donors (Lipinski definition) is 2. The third-order valence-corrected chi connectivity index (χ3v) is 7.70. The molecule has 1 spiro atoms. The van der Waals surface area contributed by atoms with E-state index in [1.807, 2.05) is 6.92 Å². The second-order valence-corrected chi connectivity index (χ2v) is 8.87. The summed E-state index contributed by atoms with van der Waals surface area (Å²) in [6.45, 7) is 5.21. The van der Waals surface area contributed by atoms with Crippen LogP contribution in [0.15, 0.2) is 11.6 Å². The summed E-state index contributed by atoms with van der Waals surface area (Å²) in [6.07, 6.45) is -3.24. The van der Waals surface area contributed by atoms with E-state index >= 15 is 0 Å². The van der Waals surface area contributed by atoms with Gasteiger partial charge in [0.2, 0.25) is 0 Å². The van der Waals surface area contributed by atoms with Crippen LogP contribution < -0.4 is 0 Å². The van der Waals surface area contributed by atoms with Crippen molar-refractivity contribution in [1.29, 1.82) is 0 Å². The molecule has 3 saturated heterocycles. The number of aliphatic hydroxyl groups is 2. The molecule has 26 heavy (non-hydrogen) atoms. The highest BCUT2D eigenvalue weighted by atomic mass is 16.7. The maximum atomic E-state index is 12.8. The van der Waals surface area contributed by atoms with Crippen molar-refractivity contribution in [2.24, 2.45) is 16.7 Å². The molecule has 0 amide bonds. The molecule has 4 heterocycles. The zero-order valence-electron chi connectivity index (χ0n) is 14.5. The molecule has 1 unspecified atom stereocenters. The van der Waals surface area contributed by atoms with Gasteiger partial charge >= 0.3 is 11.9 Å². The minimum Gasteiger partial charge on any atom is -0.459 e. The standard InChI is InChI=1S/C18H20O8/c1-5(19)12-18-6(4-7(20)23-12)16(2)10-8(14(18)26-18)25-15(22)17(10,3)11(21)9-13(16)24-9/h4-5,8-14,19,21H,1-3H3/t5?,8-,9-,10+,11-,12+,13-,14+,16+,17+,18+/m0/s1. The quantitative estimate of drug-likeness (QED) is 0.452. The lowest BCUT2D eigenvalue weighted by Gasteiger charge is -2.53. The number of carbonyl (C=O) groups excluding carboxylic acids is 2. The second kappa shape index (κ2) is 4.01. The van der Waals surface area contributed by atoms with Gasteiger partial charge in [0, 0.05) is 17.4 Å². The van der Waals surface area contributed by atoms with E-state index in [4.69, 9.17) is 18.9 Å². The van der Waals surface area contributed by atoms with Crippen LogP contribution in [0.2, 0.25) is 0 Å². The maximum absolute atomic E-state index is 12.8. The van der Waals surface area contributed by atoms with Crippen LogP contribution >= 0.6 is 0 Å². The average molecular weight is 364 g/mol. The maximum Gasteiger partial charge on any atom is 0.331 e. The van der Waals surface area contributed by atoms with Gasteiger partial charge < -0.3 is 29.2 Å². The second-order valence-electron chi connectivity index (χ2n) is 8.87. The van der Waals surface area contributed by atoms with Crippen molar-refractivity contribution in [1.82, 2.24) is 0 Å². The van der Waals surface area contributed by atoms with Crippen LogP contribution in [-0.4, -0.2) is 70.5 Å². The van der Waals surface area contributed by atoms with E-state index in [1.54, 1.807) is 13.8 Å². The average Bonchev–Trinajstić information content (AvgIpc) is 3.46. The van der Waals surface area contributed by atoms with Crippen LogP contribution in [0.5, 0.6) is 0 Å². The molecular formula is C18H20O8. The Balaban J connectivity index is 1.60. The first-order chi connectivity index (χ1) is 12.2. The van der Waals surface area contributed by atoms with E-state index in [-0.39, 0.29) is 12.0 Å². The third kappa shape index (κ3) is 1.30. The fourth-order valence-electron chi connectivity index (χ4n) is 6.57. The van der Waals surface area contributed by atoms with E-state index in [0.717, 1.165) is 0 Å². The van der Waals surface area contributed by atoms with E-state index in [1.165, 1.54) is 6.08 Å². The van der Waals surface area contributed by atoms with Crippen molar-refractivity contribution < 1.29 is 38.7 Å². The highest BCUT2D eigenvalue weighted by molar-refractivity contribution is 5.88. The lowest BCUT2D eigenvalue weighted by Crippen LogP contribution is -2.66. The number of rotatable bonds is 1. The molecule has 5 fully saturated rings. The molecule has 0 radical (unpaired) electrons. The van der Waals surface area contributed by atoms with E-state index in [0.29, 0.717) is 5.57 Å². The van der Waals surface area contributed by atoms with Crippen molar-refractivity contribution in [2.45, 2.75) is 69.1 Å². The van der Waals surface area contributed by atoms with Gasteiger partial charge in [-0.25, -0.2) is 4.79 Å². The number of hydrogen-bond acceptors (Lipinski definition) is 8. The normalized spacial score (nSPS) is 61.9. The van der Waals surface area contributed by atoms with E-state index in [2.05, 4.69) is 0 Å². The van der Waals surface area contributed by atoms with Crippen molar-refractivity contribution in [2.75, 3.05) is 0 Å². The number of epoxide rings is 2. The van der Waals surface area contributed by atoms with Crippen LogP contribution in [0.25, 0.3) is 0 Å². The number of carbonyl (C=O) groups is 2. The minimum absolute atomic E-state index is 0.332. The number of aliphatic hydroxyl groups excluding tert-OH is 2. The first-order valence-corrected chi connectivity index (χ1v) is 9.02. The minimum atomic E-state index is -1.13. The van der Waals surface area contributed by atoms with Crippen molar-refractivity contribution in [3.63, 3.8) is 0 Å². The monoisotopic (exact) mass is 364 g/mol. The summed E-state index contributed by atoms with van der Waals surface area (Å²) in [6, 6.07) is 0. The molecule has 8 nitrogen and oxygen atoms in total. The van der Waals surface area contributed by atoms with E-state index < -0.39 is 65.0 Å². The molecule has 11 atom stereocenters. The van der Waals surface area contributed by atoms with Gasteiger partial charge in [0.05, 0.1) is 18.3 Å². The van der Waals surface area contributed by atoms with Gasteiger partial charge in [-0.15, -0.1) is 0 Å². The largest absolute Gasteiger partial charge is 0.459 e. The van der Waals surface area contributed by atoms with Gasteiger partial charge in [-0.2, -0.15) is 0 Å². The first-order valence-electron chi connectivity index (χ1n) is 9.02. The predicted octanol–water partition coefficient (Wildman–Crippen LogP) is -0.934. The number of ether oxygens (including phenoxy) is 4. The topological polar surface area (TPSA) is 118 Å². The van der Waals surface area contributed by atoms with Gasteiger partial charge in [0.25, 0.3) is 0 Å². The summed E-state index contributed by atoms with van der Waals surface area (Å²) < 4.78 is 23.0. The summed E-state index contributed by atoms with van der Waals surface area (Å²) >= 11 is 0. The molecule has 0 aromatic rings. The third-order valence-electron chi connectivity index (χ3n) is 7.70. The summed E-state index contributed by atoms with van der Waals surface area (Å²) in [5.74, 6) is -1.39. The molecule has 2 saturated carbocycles. The van der Waals surface area contributed by atoms with Crippen LogP contribution in [0, 0.1) is 16.7 Å². The molecule has 8 heteroatoms. The Morgan fingerprint density at radius 1 is 1.12 bits per heavy atom. The van der Waals surface area contributed by atoms with Gasteiger partial charge in [-0.05, 0) is 19.4 Å². The Labute approximate surface area is 149 Å². The lowest BCUT2D eigenvalue weighted by atomic mass is 9.46. The molecule has 0 aromatic heterocycles. The zero-order valence-corrected chi connectivity index (χ0v) is 14.5. The first kappa shape index (κ1) is 15.6. The summed E-state index contributed by atoms with van der Waals surface area (Å²) in [4.78, 5) is 25.0. The fourth-order valence-corrected chi connectivity index (χ4v) is 6.57. The molecule has 2 aliphatic carbocycles. The number of cyclic esters (lactones) is 1. The van der Waals surface area contributed by atoms with Crippen LogP contribution in [0.4, 0.5) is 0 Å². The fraction of sp³-hybridized carbons (Fsp3) is 0.778. The molecule has 140 valence electrons.